The number of carbonyl (C=O) groups is 1. The van der Waals surface area contributed by atoms with Gasteiger partial charge in [-0.1, -0.05) is 6.07 Å². The third-order valence-electron chi connectivity index (χ3n) is 4.40. The number of rotatable bonds is 4. The number of nitrogens with zero attached hydrogens (tertiary/aromatic N) is 5. The summed E-state index contributed by atoms with van der Waals surface area (Å²) < 4.78 is 5.01. The van der Waals surface area contributed by atoms with E-state index in [2.05, 4.69) is 25.2 Å². The van der Waals surface area contributed by atoms with Crippen LogP contribution in [0.15, 0.2) is 53.5 Å². The minimum absolute atomic E-state index is 0.000208. The first kappa shape index (κ1) is 17.0. The second-order valence-electron chi connectivity index (χ2n) is 6.29. The normalized spacial score (nSPS) is 14.3. The summed E-state index contributed by atoms with van der Waals surface area (Å²) in [5.74, 6) is 2.96. The van der Waals surface area contributed by atoms with Gasteiger partial charge in [0, 0.05) is 38.4 Å². The van der Waals surface area contributed by atoms with Gasteiger partial charge in [-0.15, -0.1) is 0 Å². The molecule has 138 valence electrons. The molecule has 4 heterocycles. The highest BCUT2D eigenvalue weighted by atomic mass is 16.3. The number of hydrogen-bond donors (Lipinski definition) is 1. The van der Waals surface area contributed by atoms with Crippen LogP contribution < -0.4 is 10.2 Å². The molecule has 0 aliphatic carbocycles. The lowest BCUT2D eigenvalue weighted by Crippen LogP contribution is -2.49. The third kappa shape index (κ3) is 3.89. The zero-order valence-electron chi connectivity index (χ0n) is 15.0. The lowest BCUT2D eigenvalue weighted by molar-refractivity contribution is 0.0745. The summed E-state index contributed by atoms with van der Waals surface area (Å²) in [7, 11) is 0. The fourth-order valence-corrected chi connectivity index (χ4v) is 3.05. The molecule has 8 nitrogen and oxygen atoms in total. The molecule has 1 N–H and O–H groups in total. The van der Waals surface area contributed by atoms with Gasteiger partial charge in [-0.25, -0.2) is 15.0 Å². The van der Waals surface area contributed by atoms with Gasteiger partial charge in [0.25, 0.3) is 5.91 Å². The van der Waals surface area contributed by atoms with Crippen molar-refractivity contribution in [2.45, 2.75) is 6.92 Å². The number of amides is 1. The van der Waals surface area contributed by atoms with Gasteiger partial charge in [-0.05, 0) is 25.1 Å². The highest BCUT2D eigenvalue weighted by molar-refractivity contribution is 5.94. The highest BCUT2D eigenvalue weighted by Gasteiger charge is 2.24. The van der Waals surface area contributed by atoms with Gasteiger partial charge in [0.1, 0.15) is 29.5 Å². The molecular formula is C19H20N6O2. The maximum Gasteiger partial charge on any atom is 0.257 e. The lowest BCUT2D eigenvalue weighted by atomic mass is 10.2. The Morgan fingerprint density at radius 2 is 1.96 bits per heavy atom. The first-order valence-electron chi connectivity index (χ1n) is 8.79. The number of aromatic nitrogens is 3. The minimum atomic E-state index is -0.000208. The predicted molar refractivity (Wildman–Crippen MR) is 101 cm³/mol. The molecule has 8 heteroatoms. The smallest absolute Gasteiger partial charge is 0.257 e. The Morgan fingerprint density at radius 1 is 1.11 bits per heavy atom. The number of hydrogen-bond acceptors (Lipinski definition) is 7. The number of nitrogens with one attached hydrogen (secondary N) is 1. The van der Waals surface area contributed by atoms with E-state index in [0.717, 1.165) is 11.6 Å². The maximum absolute atomic E-state index is 12.4. The molecule has 0 saturated carbocycles. The number of carbonyl (C=O) groups excluding carboxylic acids is 1. The van der Waals surface area contributed by atoms with Crippen LogP contribution in [0.2, 0.25) is 0 Å². The Labute approximate surface area is 156 Å². The van der Waals surface area contributed by atoms with Crippen LogP contribution in [0.25, 0.3) is 0 Å². The summed E-state index contributed by atoms with van der Waals surface area (Å²) in [5.41, 5.74) is 0.586. The molecule has 27 heavy (non-hydrogen) atoms. The number of pyridine rings is 1. The van der Waals surface area contributed by atoms with Gasteiger partial charge in [-0.3, -0.25) is 4.79 Å². The molecule has 3 aromatic rings. The van der Waals surface area contributed by atoms with Gasteiger partial charge >= 0.3 is 0 Å². The summed E-state index contributed by atoms with van der Waals surface area (Å²) in [5, 5.41) is 3.21. The molecule has 0 atom stereocenters. The third-order valence-corrected chi connectivity index (χ3v) is 4.40. The van der Waals surface area contributed by atoms with E-state index in [9.17, 15) is 4.79 Å². The van der Waals surface area contributed by atoms with Gasteiger partial charge in [0.2, 0.25) is 0 Å². The molecule has 0 aromatic carbocycles. The van der Waals surface area contributed by atoms with Gasteiger partial charge < -0.3 is 19.5 Å². The Morgan fingerprint density at radius 3 is 2.67 bits per heavy atom. The van der Waals surface area contributed by atoms with Crippen LogP contribution in [-0.4, -0.2) is 51.9 Å². The number of aryl methyl sites for hydroxylation is 1. The van der Waals surface area contributed by atoms with E-state index in [1.54, 1.807) is 12.3 Å². The molecule has 1 aliphatic rings. The van der Waals surface area contributed by atoms with E-state index in [-0.39, 0.29) is 5.91 Å². The largest absolute Gasteiger partial charge is 0.472 e. The average Bonchev–Trinajstić information content (AvgIpc) is 3.23. The Hall–Kier alpha value is -3.42. The lowest BCUT2D eigenvalue weighted by Gasteiger charge is -2.35. The molecule has 0 unspecified atom stereocenters. The average molecular weight is 364 g/mol. The van der Waals surface area contributed by atoms with Crippen molar-refractivity contribution in [2.24, 2.45) is 0 Å². The van der Waals surface area contributed by atoms with Gasteiger partial charge in [0.05, 0.1) is 11.8 Å². The van der Waals surface area contributed by atoms with E-state index in [1.165, 1.54) is 12.5 Å². The van der Waals surface area contributed by atoms with Crippen molar-refractivity contribution in [1.29, 1.82) is 0 Å². The first-order chi connectivity index (χ1) is 13.2. The molecule has 0 bridgehead atoms. The van der Waals surface area contributed by atoms with E-state index in [4.69, 9.17) is 4.42 Å². The van der Waals surface area contributed by atoms with E-state index < -0.39 is 0 Å². The van der Waals surface area contributed by atoms with Crippen LogP contribution in [-0.2, 0) is 0 Å². The van der Waals surface area contributed by atoms with Crippen LogP contribution in [0, 0.1) is 6.92 Å². The van der Waals surface area contributed by atoms with E-state index in [0.29, 0.717) is 43.4 Å². The standard InChI is InChI=1S/C19H20N6O2/c1-14-21-17(23-16-4-2-3-6-20-16)12-18(22-14)24-7-9-25(10-8-24)19(26)15-5-11-27-13-15/h2-6,11-13H,7-10H2,1H3,(H,20,21,22,23). The van der Waals surface area contributed by atoms with Crippen LogP contribution in [0.4, 0.5) is 17.5 Å². The molecule has 1 fully saturated rings. The van der Waals surface area contributed by atoms with Gasteiger partial charge in [0.15, 0.2) is 0 Å². The Bertz CT molecular complexity index is 905. The van der Waals surface area contributed by atoms with Crippen molar-refractivity contribution < 1.29 is 9.21 Å². The zero-order chi connectivity index (χ0) is 18.6. The Balaban J connectivity index is 1.44. The topological polar surface area (TPSA) is 87.4 Å². The fourth-order valence-electron chi connectivity index (χ4n) is 3.05. The molecule has 1 amide bonds. The summed E-state index contributed by atoms with van der Waals surface area (Å²) in [6.07, 6.45) is 4.73. The van der Waals surface area contributed by atoms with E-state index >= 15 is 0 Å². The second kappa shape index (κ2) is 7.45. The molecule has 4 rings (SSSR count). The summed E-state index contributed by atoms with van der Waals surface area (Å²) in [4.78, 5) is 29.7. The highest BCUT2D eigenvalue weighted by Crippen LogP contribution is 2.20. The zero-order valence-corrected chi connectivity index (χ0v) is 15.0. The van der Waals surface area contributed by atoms with Crippen molar-refractivity contribution in [1.82, 2.24) is 19.9 Å². The first-order valence-corrected chi connectivity index (χ1v) is 8.79. The van der Waals surface area contributed by atoms with Crippen LogP contribution in [0.3, 0.4) is 0 Å². The Kier molecular flexibility index (Phi) is 4.69. The number of furan rings is 1. The predicted octanol–water partition coefficient (Wildman–Crippen LogP) is 2.48. The summed E-state index contributed by atoms with van der Waals surface area (Å²) in [6.45, 7) is 4.56. The van der Waals surface area contributed by atoms with Crippen molar-refractivity contribution in [3.63, 3.8) is 0 Å². The number of piperazine rings is 1. The van der Waals surface area contributed by atoms with Crippen molar-refractivity contribution in [3.05, 3.63) is 60.4 Å². The molecule has 1 aliphatic heterocycles. The van der Waals surface area contributed by atoms with Gasteiger partial charge in [-0.2, -0.15) is 0 Å². The molecule has 0 radical (unpaired) electrons. The monoisotopic (exact) mass is 364 g/mol. The van der Waals surface area contributed by atoms with Crippen LogP contribution in [0.5, 0.6) is 0 Å². The minimum Gasteiger partial charge on any atom is -0.472 e. The number of anilines is 3. The molecule has 3 aromatic heterocycles. The van der Waals surface area contributed by atoms with E-state index in [1.807, 2.05) is 36.1 Å². The van der Waals surface area contributed by atoms with Crippen LogP contribution >= 0.6 is 0 Å². The second-order valence-corrected chi connectivity index (χ2v) is 6.29. The SMILES string of the molecule is Cc1nc(Nc2ccccn2)cc(N2CCN(C(=O)c3ccoc3)CC2)n1. The van der Waals surface area contributed by atoms with Crippen molar-refractivity contribution in [3.8, 4) is 0 Å². The molecule has 0 spiro atoms. The fraction of sp³-hybridized carbons (Fsp3) is 0.263. The van der Waals surface area contributed by atoms with Crippen molar-refractivity contribution in [2.75, 3.05) is 36.4 Å². The molecule has 1 saturated heterocycles. The molecular weight excluding hydrogens is 344 g/mol. The van der Waals surface area contributed by atoms with Crippen molar-refractivity contribution >= 4 is 23.4 Å². The quantitative estimate of drug-likeness (QED) is 0.761. The maximum atomic E-state index is 12.4. The van der Waals surface area contributed by atoms with Crippen LogP contribution in [0.1, 0.15) is 16.2 Å². The summed E-state index contributed by atoms with van der Waals surface area (Å²) >= 11 is 0. The summed E-state index contributed by atoms with van der Waals surface area (Å²) in [6, 6.07) is 9.28.